The average molecular weight is 244 g/mol. The van der Waals surface area contributed by atoms with Gasteiger partial charge in [0.15, 0.2) is 11.6 Å². The van der Waals surface area contributed by atoms with Gasteiger partial charge < -0.3 is 4.74 Å². The highest BCUT2D eigenvalue weighted by molar-refractivity contribution is 6.17. The van der Waals surface area contributed by atoms with Gasteiger partial charge in [0.1, 0.15) is 0 Å². The van der Waals surface area contributed by atoms with Crippen LogP contribution in [0.1, 0.15) is 32.1 Å². The largest absolute Gasteiger partial charge is 0.490 e. The molecule has 1 radical (unpaired) electrons. The molecule has 0 saturated carbocycles. The highest BCUT2D eigenvalue weighted by Gasteiger charge is 2.00. The van der Waals surface area contributed by atoms with Crippen LogP contribution in [0.25, 0.3) is 0 Å². The molecule has 0 N–H and O–H groups in total. The number of halogens is 2. The highest BCUT2D eigenvalue weighted by Crippen LogP contribution is 2.15. The number of alkyl halides is 1. The van der Waals surface area contributed by atoms with Crippen LogP contribution in [-0.4, -0.2) is 12.5 Å². The molecule has 1 aromatic rings. The number of hydrogen-bond donors (Lipinski definition) is 0. The second kappa shape index (κ2) is 8.40. The molecule has 0 bridgehead atoms. The van der Waals surface area contributed by atoms with E-state index in [1.165, 1.54) is 12.5 Å². The first-order valence-electron chi connectivity index (χ1n) is 5.69. The van der Waals surface area contributed by atoms with Gasteiger partial charge in [-0.25, -0.2) is 4.39 Å². The van der Waals surface area contributed by atoms with Crippen molar-refractivity contribution >= 4 is 11.6 Å². The molecular formula is C13H17ClFO. The van der Waals surface area contributed by atoms with Crippen LogP contribution in [0.3, 0.4) is 0 Å². The van der Waals surface area contributed by atoms with Crippen LogP contribution >= 0.6 is 11.6 Å². The molecule has 3 heteroatoms. The molecule has 0 amide bonds. The lowest BCUT2D eigenvalue weighted by Gasteiger charge is -2.06. The van der Waals surface area contributed by atoms with E-state index >= 15 is 0 Å². The maximum atomic E-state index is 13.1. The van der Waals surface area contributed by atoms with Crippen LogP contribution in [0.2, 0.25) is 0 Å². The van der Waals surface area contributed by atoms with E-state index in [-0.39, 0.29) is 0 Å². The van der Waals surface area contributed by atoms with Crippen molar-refractivity contribution < 1.29 is 9.13 Å². The molecule has 0 unspecified atom stereocenters. The summed E-state index contributed by atoms with van der Waals surface area (Å²) in [5.41, 5.74) is 0. The van der Waals surface area contributed by atoms with E-state index in [2.05, 4.69) is 6.07 Å². The quantitative estimate of drug-likeness (QED) is 0.491. The molecule has 0 aromatic heterocycles. The Kier molecular flexibility index (Phi) is 6.98. The van der Waals surface area contributed by atoms with Crippen molar-refractivity contribution in [3.05, 3.63) is 30.1 Å². The van der Waals surface area contributed by atoms with Crippen molar-refractivity contribution in [2.45, 2.75) is 32.1 Å². The van der Waals surface area contributed by atoms with Gasteiger partial charge >= 0.3 is 0 Å². The zero-order chi connectivity index (χ0) is 11.6. The van der Waals surface area contributed by atoms with Crippen LogP contribution in [0.4, 0.5) is 4.39 Å². The number of benzene rings is 1. The smallest absolute Gasteiger partial charge is 0.172 e. The van der Waals surface area contributed by atoms with Crippen molar-refractivity contribution in [3.8, 4) is 5.75 Å². The SMILES string of the molecule is Fc1[c]cccc1OCCCCCCCCl. The molecule has 0 aliphatic carbocycles. The Morgan fingerprint density at radius 1 is 1.19 bits per heavy atom. The molecule has 16 heavy (non-hydrogen) atoms. The van der Waals surface area contributed by atoms with Crippen molar-refractivity contribution in [2.24, 2.45) is 0 Å². The van der Waals surface area contributed by atoms with E-state index in [0.29, 0.717) is 12.4 Å². The Balaban J connectivity index is 2.05. The Morgan fingerprint density at radius 3 is 2.69 bits per heavy atom. The van der Waals surface area contributed by atoms with Gasteiger partial charge in [-0.15, -0.1) is 11.6 Å². The van der Waals surface area contributed by atoms with Crippen LogP contribution in [-0.2, 0) is 0 Å². The van der Waals surface area contributed by atoms with Gasteiger partial charge in [0.25, 0.3) is 0 Å². The summed E-state index contributed by atoms with van der Waals surface area (Å²) in [7, 11) is 0. The number of hydrogen-bond acceptors (Lipinski definition) is 1. The first kappa shape index (κ1) is 13.3. The molecule has 0 saturated heterocycles. The molecule has 0 atom stereocenters. The fraction of sp³-hybridized carbons (Fsp3) is 0.538. The minimum absolute atomic E-state index is 0.295. The summed E-state index contributed by atoms with van der Waals surface area (Å²) >= 11 is 5.57. The van der Waals surface area contributed by atoms with E-state index in [0.717, 1.165) is 31.6 Å². The molecule has 89 valence electrons. The molecule has 0 aliphatic heterocycles. The third-order valence-corrected chi connectivity index (χ3v) is 2.57. The topological polar surface area (TPSA) is 9.23 Å². The summed E-state index contributed by atoms with van der Waals surface area (Å²) in [6.45, 7) is 0.565. The summed E-state index contributed by atoms with van der Waals surface area (Å²) in [5.74, 6) is 0.620. The number of rotatable bonds is 8. The monoisotopic (exact) mass is 243 g/mol. The van der Waals surface area contributed by atoms with E-state index in [1.54, 1.807) is 12.1 Å². The molecule has 1 rings (SSSR count). The van der Waals surface area contributed by atoms with Gasteiger partial charge in [0, 0.05) is 11.9 Å². The lowest BCUT2D eigenvalue weighted by molar-refractivity contribution is 0.290. The standard InChI is InChI=1S/C13H17ClFO/c14-10-6-2-1-3-7-11-16-13-9-5-4-8-12(13)15/h4-5,9H,1-3,6-7,10-11H2. The molecule has 0 fully saturated rings. The highest BCUT2D eigenvalue weighted by atomic mass is 35.5. The van der Waals surface area contributed by atoms with Crippen LogP contribution in [0.5, 0.6) is 5.75 Å². The Labute approximate surface area is 102 Å². The lowest BCUT2D eigenvalue weighted by atomic mass is 10.2. The second-order valence-electron chi connectivity index (χ2n) is 3.65. The Hall–Kier alpha value is -0.760. The summed E-state index contributed by atoms with van der Waals surface area (Å²) in [6, 6.07) is 7.34. The maximum Gasteiger partial charge on any atom is 0.172 e. The van der Waals surface area contributed by atoms with E-state index in [1.807, 2.05) is 0 Å². The first-order valence-corrected chi connectivity index (χ1v) is 6.23. The predicted octanol–water partition coefficient (Wildman–Crippen LogP) is 4.19. The van der Waals surface area contributed by atoms with Gasteiger partial charge in [-0.2, -0.15) is 0 Å². The van der Waals surface area contributed by atoms with E-state index < -0.39 is 5.82 Å². The van der Waals surface area contributed by atoms with Crippen molar-refractivity contribution in [2.75, 3.05) is 12.5 Å². The lowest BCUT2D eigenvalue weighted by Crippen LogP contribution is -1.99. The number of unbranched alkanes of at least 4 members (excludes halogenated alkanes) is 4. The number of ether oxygens (including phenoxy) is 1. The normalized spacial score (nSPS) is 10.4. The third-order valence-electron chi connectivity index (χ3n) is 2.31. The fourth-order valence-electron chi connectivity index (χ4n) is 1.42. The van der Waals surface area contributed by atoms with Gasteiger partial charge in [0.2, 0.25) is 0 Å². The van der Waals surface area contributed by atoms with E-state index in [9.17, 15) is 4.39 Å². The summed E-state index contributed by atoms with van der Waals surface area (Å²) < 4.78 is 18.4. The summed E-state index contributed by atoms with van der Waals surface area (Å²) in [5, 5.41) is 0. The van der Waals surface area contributed by atoms with Crippen molar-refractivity contribution in [1.29, 1.82) is 0 Å². The second-order valence-corrected chi connectivity index (χ2v) is 4.03. The minimum atomic E-state index is -0.412. The molecular weight excluding hydrogens is 227 g/mol. The first-order chi connectivity index (χ1) is 7.84. The zero-order valence-corrected chi connectivity index (χ0v) is 10.1. The third kappa shape index (κ3) is 5.36. The minimum Gasteiger partial charge on any atom is -0.490 e. The van der Waals surface area contributed by atoms with Gasteiger partial charge in [-0.05, 0) is 18.9 Å². The average Bonchev–Trinajstić information content (AvgIpc) is 2.30. The van der Waals surface area contributed by atoms with Crippen molar-refractivity contribution in [3.63, 3.8) is 0 Å². The van der Waals surface area contributed by atoms with Crippen LogP contribution < -0.4 is 4.74 Å². The molecule has 0 aliphatic rings. The Morgan fingerprint density at radius 2 is 1.94 bits per heavy atom. The molecule has 0 heterocycles. The molecule has 0 spiro atoms. The van der Waals surface area contributed by atoms with Gasteiger partial charge in [-0.3, -0.25) is 0 Å². The maximum absolute atomic E-state index is 13.1. The van der Waals surface area contributed by atoms with Crippen LogP contribution in [0, 0.1) is 11.9 Å². The summed E-state index contributed by atoms with van der Waals surface area (Å²) in [4.78, 5) is 0. The van der Waals surface area contributed by atoms with Crippen LogP contribution in [0.15, 0.2) is 18.2 Å². The van der Waals surface area contributed by atoms with Crippen molar-refractivity contribution in [1.82, 2.24) is 0 Å². The fourth-order valence-corrected chi connectivity index (χ4v) is 1.61. The Bertz CT molecular complexity index is 291. The zero-order valence-electron chi connectivity index (χ0n) is 9.35. The molecule has 1 nitrogen and oxygen atoms in total. The molecule has 1 aromatic carbocycles. The predicted molar refractivity (Wildman–Crippen MR) is 64.5 cm³/mol. The van der Waals surface area contributed by atoms with Gasteiger partial charge in [0.05, 0.1) is 6.61 Å². The van der Waals surface area contributed by atoms with Gasteiger partial charge in [-0.1, -0.05) is 31.4 Å². The van der Waals surface area contributed by atoms with E-state index in [4.69, 9.17) is 16.3 Å². The summed E-state index contributed by atoms with van der Waals surface area (Å²) in [6.07, 6.45) is 5.47.